The number of fused-ring (bicyclic) bond motifs is 3. The zero-order valence-electron chi connectivity index (χ0n) is 11.7. The number of aromatic nitrogens is 3. The highest BCUT2D eigenvalue weighted by atomic mass is 79.9. The molecule has 1 atom stereocenters. The van der Waals surface area contributed by atoms with Crippen LogP contribution in [0.15, 0.2) is 27.7 Å². The van der Waals surface area contributed by atoms with E-state index < -0.39 is 11.4 Å². The fourth-order valence-electron chi connectivity index (χ4n) is 3.07. The van der Waals surface area contributed by atoms with Crippen molar-refractivity contribution in [2.24, 2.45) is 5.92 Å². The van der Waals surface area contributed by atoms with Crippen LogP contribution in [0.3, 0.4) is 0 Å². The zero-order valence-corrected chi connectivity index (χ0v) is 14.1. The third-order valence-electron chi connectivity index (χ3n) is 4.31. The van der Waals surface area contributed by atoms with Gasteiger partial charge in [0.25, 0.3) is 0 Å². The Labute approximate surface area is 144 Å². The lowest BCUT2D eigenvalue weighted by Gasteiger charge is -2.39. The molecule has 2 aliphatic rings. The molecular weight excluding hydrogens is 390 g/mol. The molecule has 0 N–H and O–H groups in total. The van der Waals surface area contributed by atoms with Gasteiger partial charge in [-0.1, -0.05) is 0 Å². The molecule has 1 unspecified atom stereocenters. The lowest BCUT2D eigenvalue weighted by molar-refractivity contribution is -0.0613. The first-order chi connectivity index (χ1) is 11.1. The first-order valence-electron chi connectivity index (χ1n) is 6.99. The van der Waals surface area contributed by atoms with Crippen LogP contribution in [0.4, 0.5) is 0 Å². The molecule has 0 aliphatic carbocycles. The van der Waals surface area contributed by atoms with E-state index in [1.807, 2.05) is 15.3 Å². The normalized spacial score (nSPS) is 19.7. The Bertz CT molecular complexity index is 858. The number of hydrogen-bond acceptors (Lipinski definition) is 5. The first kappa shape index (κ1) is 14.9. The summed E-state index contributed by atoms with van der Waals surface area (Å²) in [5.74, 6) is -0.553. The maximum atomic E-state index is 12.2. The minimum Gasteiger partial charge on any atom is -0.381 e. The second-order valence-electron chi connectivity index (χ2n) is 5.61. The zero-order chi connectivity index (χ0) is 16.1. The van der Waals surface area contributed by atoms with Crippen LogP contribution < -0.4 is 5.43 Å². The van der Waals surface area contributed by atoms with Crippen LogP contribution in [0.2, 0.25) is 0 Å². The number of rotatable bonds is 2. The molecule has 2 aliphatic heterocycles. The van der Waals surface area contributed by atoms with Crippen LogP contribution in [0, 0.1) is 5.92 Å². The molecule has 1 saturated heterocycles. The van der Waals surface area contributed by atoms with Crippen molar-refractivity contribution >= 4 is 33.8 Å². The van der Waals surface area contributed by atoms with Crippen molar-refractivity contribution in [1.29, 1.82) is 0 Å². The molecule has 0 radical (unpaired) electrons. The Morgan fingerprint density at radius 2 is 2.17 bits per heavy atom. The number of halogens is 2. The highest BCUT2D eigenvalue weighted by Crippen LogP contribution is 2.37. The van der Waals surface area contributed by atoms with E-state index in [1.54, 1.807) is 0 Å². The van der Waals surface area contributed by atoms with E-state index in [0.29, 0.717) is 36.0 Å². The van der Waals surface area contributed by atoms with Crippen molar-refractivity contribution in [2.45, 2.75) is 12.6 Å². The van der Waals surface area contributed by atoms with E-state index in [-0.39, 0.29) is 11.6 Å². The first-order valence-corrected chi connectivity index (χ1v) is 8.09. The predicted molar refractivity (Wildman–Crippen MR) is 84.2 cm³/mol. The number of carbonyl (C=O) groups is 1. The maximum absolute atomic E-state index is 12.2. The number of carbonyl (C=O) groups excluding carboxylic acids is 1. The summed E-state index contributed by atoms with van der Waals surface area (Å²) in [5.41, 5.74) is 1.01. The third kappa shape index (κ3) is 2.32. The minimum absolute atomic E-state index is 0.0422. The number of pyridine rings is 1. The average Bonchev–Trinajstić information content (AvgIpc) is 2.85. The molecule has 23 heavy (non-hydrogen) atoms. The van der Waals surface area contributed by atoms with Gasteiger partial charge in [-0.2, -0.15) is 5.10 Å². The summed E-state index contributed by atoms with van der Waals surface area (Å²) >= 11 is 8.49. The molecule has 2 aromatic heterocycles. The fraction of sp³-hybridized carbons (Fsp3) is 0.357. The molecule has 0 saturated carbocycles. The second kappa shape index (κ2) is 5.47. The number of hydrogen-bond donors (Lipinski definition) is 0. The van der Waals surface area contributed by atoms with Gasteiger partial charge in [0.2, 0.25) is 0 Å². The number of ether oxygens (including phenoxy) is 1. The standard InChI is InChI=1S/C14H11BrClN3O4/c15-13-2-10-9-1-12(20)8(14(21)23-16)3-18(9)11(4-19(10)17-13)7-5-22-6-7/h1-3,7,11H,4-6H2. The van der Waals surface area contributed by atoms with Gasteiger partial charge in [-0.25, -0.2) is 4.79 Å². The summed E-state index contributed by atoms with van der Waals surface area (Å²) < 4.78 is 14.0. The van der Waals surface area contributed by atoms with Crippen molar-refractivity contribution in [3.8, 4) is 11.4 Å². The Kier molecular flexibility index (Phi) is 3.55. The predicted octanol–water partition coefficient (Wildman–Crippen LogP) is 1.99. The summed E-state index contributed by atoms with van der Waals surface area (Å²) in [6, 6.07) is 3.31. The van der Waals surface area contributed by atoms with Crippen LogP contribution in [0.5, 0.6) is 0 Å². The van der Waals surface area contributed by atoms with Crippen LogP contribution in [0.25, 0.3) is 11.4 Å². The highest BCUT2D eigenvalue weighted by Gasteiger charge is 2.35. The number of nitrogens with zero attached hydrogens (tertiary/aromatic N) is 3. The quantitative estimate of drug-likeness (QED) is 0.771. The van der Waals surface area contributed by atoms with Gasteiger partial charge in [0.15, 0.2) is 5.43 Å². The lowest BCUT2D eigenvalue weighted by Crippen LogP contribution is -2.41. The summed E-state index contributed by atoms with van der Waals surface area (Å²) in [6.45, 7) is 1.92. The van der Waals surface area contributed by atoms with Gasteiger partial charge < -0.3 is 13.6 Å². The fourth-order valence-corrected chi connectivity index (χ4v) is 3.56. The van der Waals surface area contributed by atoms with E-state index in [1.165, 1.54) is 12.3 Å². The molecule has 1 fully saturated rings. The van der Waals surface area contributed by atoms with E-state index in [9.17, 15) is 9.59 Å². The topological polar surface area (TPSA) is 75.4 Å². The van der Waals surface area contributed by atoms with Crippen molar-refractivity contribution < 1.29 is 13.8 Å². The van der Waals surface area contributed by atoms with Crippen LogP contribution in [-0.4, -0.2) is 33.5 Å². The van der Waals surface area contributed by atoms with E-state index in [2.05, 4.69) is 25.3 Å². The second-order valence-corrected chi connectivity index (χ2v) is 6.57. The molecular formula is C14H11BrClN3O4. The van der Waals surface area contributed by atoms with Crippen molar-refractivity contribution in [1.82, 2.24) is 14.3 Å². The summed E-state index contributed by atoms with van der Waals surface area (Å²) in [5, 5.41) is 4.41. The molecule has 120 valence electrons. The smallest absolute Gasteiger partial charge is 0.361 e. The Morgan fingerprint density at radius 3 is 2.83 bits per heavy atom. The SMILES string of the molecule is O=C(OCl)c1cn2c(cc1=O)-c1cc(Br)nn1CC2C1COC1. The van der Waals surface area contributed by atoms with E-state index in [4.69, 9.17) is 16.6 Å². The summed E-state index contributed by atoms with van der Waals surface area (Å²) in [6.07, 6.45) is 1.52. The van der Waals surface area contributed by atoms with Gasteiger partial charge >= 0.3 is 5.97 Å². The molecule has 4 rings (SSSR count). The Balaban J connectivity index is 1.92. The molecule has 0 amide bonds. The highest BCUT2D eigenvalue weighted by molar-refractivity contribution is 9.10. The molecule has 0 bridgehead atoms. The molecule has 0 aromatic carbocycles. The van der Waals surface area contributed by atoms with Crippen molar-refractivity contribution in [2.75, 3.05) is 13.2 Å². The van der Waals surface area contributed by atoms with Crippen LogP contribution >= 0.6 is 27.8 Å². The third-order valence-corrected chi connectivity index (χ3v) is 4.84. The average molecular weight is 401 g/mol. The lowest BCUT2D eigenvalue weighted by atomic mass is 9.95. The Hall–Kier alpha value is -1.64. The van der Waals surface area contributed by atoms with Gasteiger partial charge in [0.05, 0.1) is 37.2 Å². The Morgan fingerprint density at radius 1 is 1.39 bits per heavy atom. The van der Waals surface area contributed by atoms with Gasteiger partial charge in [-0.3, -0.25) is 9.48 Å². The van der Waals surface area contributed by atoms with E-state index >= 15 is 0 Å². The molecule has 9 heteroatoms. The molecule has 0 spiro atoms. The monoisotopic (exact) mass is 399 g/mol. The van der Waals surface area contributed by atoms with Crippen molar-refractivity contribution in [3.63, 3.8) is 0 Å². The van der Waals surface area contributed by atoms with Crippen molar-refractivity contribution in [3.05, 3.63) is 38.7 Å². The van der Waals surface area contributed by atoms with Gasteiger partial charge in [0.1, 0.15) is 22.0 Å². The molecule has 2 aromatic rings. The summed E-state index contributed by atoms with van der Waals surface area (Å²) in [7, 11) is 0. The van der Waals surface area contributed by atoms with Crippen LogP contribution in [-0.2, 0) is 15.6 Å². The van der Waals surface area contributed by atoms with E-state index in [0.717, 1.165) is 5.69 Å². The summed E-state index contributed by atoms with van der Waals surface area (Å²) in [4.78, 5) is 23.9. The van der Waals surface area contributed by atoms with Gasteiger partial charge in [-0.15, -0.1) is 0 Å². The maximum Gasteiger partial charge on any atom is 0.361 e. The van der Waals surface area contributed by atoms with Crippen LogP contribution in [0.1, 0.15) is 16.4 Å². The molecule has 4 heterocycles. The minimum atomic E-state index is -0.851. The van der Waals surface area contributed by atoms with Gasteiger partial charge in [0, 0.05) is 24.2 Å². The molecule has 7 nitrogen and oxygen atoms in total. The van der Waals surface area contributed by atoms with Gasteiger partial charge in [-0.05, 0) is 15.9 Å². The largest absolute Gasteiger partial charge is 0.381 e.